The summed E-state index contributed by atoms with van der Waals surface area (Å²) in [6.45, 7) is 1.88. The van der Waals surface area contributed by atoms with E-state index in [-0.39, 0.29) is 5.91 Å². The van der Waals surface area contributed by atoms with Gasteiger partial charge in [-0.2, -0.15) is 0 Å². The molecule has 0 spiro atoms. The van der Waals surface area contributed by atoms with Crippen LogP contribution in [-0.2, 0) is 24.3 Å². The zero-order valence-electron chi connectivity index (χ0n) is 13.7. The zero-order valence-corrected chi connectivity index (χ0v) is 13.7. The number of rotatable bonds is 3. The first-order valence-electron chi connectivity index (χ1n) is 8.22. The van der Waals surface area contributed by atoms with Crippen molar-refractivity contribution >= 4 is 16.8 Å². The molecule has 0 bridgehead atoms. The van der Waals surface area contributed by atoms with Crippen LogP contribution < -0.4 is 4.74 Å². The summed E-state index contributed by atoms with van der Waals surface area (Å²) >= 11 is 0. The normalized spacial score (nSPS) is 13.8. The largest absolute Gasteiger partial charge is 0.497 e. The first-order chi connectivity index (χ1) is 11.7. The quantitative estimate of drug-likeness (QED) is 0.742. The van der Waals surface area contributed by atoms with Crippen molar-refractivity contribution in [3.63, 3.8) is 0 Å². The number of hydrogen-bond donors (Lipinski definition) is 0. The molecule has 0 fully saturated rings. The van der Waals surface area contributed by atoms with Crippen molar-refractivity contribution in [3.05, 3.63) is 65.9 Å². The van der Waals surface area contributed by atoms with Crippen molar-refractivity contribution in [2.45, 2.75) is 19.5 Å². The Labute approximate surface area is 141 Å². The fourth-order valence-corrected chi connectivity index (χ4v) is 3.40. The molecule has 0 radical (unpaired) electrons. The van der Waals surface area contributed by atoms with Gasteiger partial charge in [-0.15, -0.1) is 0 Å². The van der Waals surface area contributed by atoms with Gasteiger partial charge in [-0.3, -0.25) is 4.79 Å². The molecule has 4 heteroatoms. The Kier molecular flexibility index (Phi) is 3.73. The number of benzene rings is 2. The second kappa shape index (κ2) is 6.04. The summed E-state index contributed by atoms with van der Waals surface area (Å²) in [4.78, 5) is 14.7. The van der Waals surface area contributed by atoms with E-state index in [1.54, 1.807) is 7.11 Å². The summed E-state index contributed by atoms with van der Waals surface area (Å²) < 4.78 is 7.27. The summed E-state index contributed by atoms with van der Waals surface area (Å²) in [5.41, 5.74) is 3.68. The van der Waals surface area contributed by atoms with Crippen LogP contribution >= 0.6 is 0 Å². The van der Waals surface area contributed by atoms with Crippen molar-refractivity contribution in [3.8, 4) is 5.75 Å². The van der Waals surface area contributed by atoms with E-state index in [9.17, 15) is 4.79 Å². The van der Waals surface area contributed by atoms with Crippen LogP contribution in [0, 0.1) is 0 Å². The van der Waals surface area contributed by atoms with Crippen LogP contribution in [0.25, 0.3) is 10.9 Å². The maximum Gasteiger partial charge on any atom is 0.242 e. The number of nitrogens with zero attached hydrogens (tertiary/aromatic N) is 2. The zero-order chi connectivity index (χ0) is 16.5. The summed E-state index contributed by atoms with van der Waals surface area (Å²) in [6.07, 6.45) is 2.91. The second-order valence-corrected chi connectivity index (χ2v) is 6.20. The van der Waals surface area contributed by atoms with Crippen LogP contribution in [0.4, 0.5) is 0 Å². The number of aromatic nitrogens is 1. The van der Waals surface area contributed by atoms with E-state index in [1.165, 1.54) is 11.1 Å². The fourth-order valence-electron chi connectivity index (χ4n) is 3.40. The first kappa shape index (κ1) is 14.8. The summed E-state index contributed by atoms with van der Waals surface area (Å²) in [7, 11) is 1.66. The summed E-state index contributed by atoms with van der Waals surface area (Å²) in [5, 5.41) is 1.09. The molecule has 1 aliphatic rings. The summed E-state index contributed by atoms with van der Waals surface area (Å²) in [5.74, 6) is 0.997. The third-order valence-corrected chi connectivity index (χ3v) is 4.77. The lowest BCUT2D eigenvalue weighted by atomic mass is 10.00. The van der Waals surface area contributed by atoms with E-state index in [4.69, 9.17) is 4.74 Å². The van der Waals surface area contributed by atoms with Crippen LogP contribution in [0.3, 0.4) is 0 Å². The Morgan fingerprint density at radius 2 is 1.96 bits per heavy atom. The number of fused-ring (bicyclic) bond motifs is 2. The highest BCUT2D eigenvalue weighted by molar-refractivity contribution is 5.84. The molecular weight excluding hydrogens is 300 g/mol. The highest BCUT2D eigenvalue weighted by Crippen LogP contribution is 2.23. The molecular formula is C20H20N2O2. The van der Waals surface area contributed by atoms with Crippen molar-refractivity contribution < 1.29 is 9.53 Å². The van der Waals surface area contributed by atoms with Crippen molar-refractivity contribution in [2.75, 3.05) is 13.7 Å². The molecule has 0 atom stereocenters. The van der Waals surface area contributed by atoms with Crippen LogP contribution in [0.1, 0.15) is 11.1 Å². The van der Waals surface area contributed by atoms with Gasteiger partial charge >= 0.3 is 0 Å². The number of methoxy groups -OCH3 is 1. The molecule has 4 nitrogen and oxygen atoms in total. The monoisotopic (exact) mass is 320 g/mol. The van der Waals surface area contributed by atoms with E-state index in [0.717, 1.165) is 29.6 Å². The minimum atomic E-state index is 0.165. The molecule has 1 aromatic heterocycles. The third-order valence-electron chi connectivity index (χ3n) is 4.77. The summed E-state index contributed by atoms with van der Waals surface area (Å²) in [6, 6.07) is 16.3. The number of carbonyl (C=O) groups excluding carboxylic acids is 1. The van der Waals surface area contributed by atoms with Crippen LogP contribution in [-0.4, -0.2) is 29.0 Å². The number of ether oxygens (including phenoxy) is 1. The molecule has 0 N–H and O–H groups in total. The van der Waals surface area contributed by atoms with Crippen LogP contribution in [0.5, 0.6) is 5.75 Å². The molecule has 0 saturated heterocycles. The molecule has 3 aromatic rings. The number of hydrogen-bond acceptors (Lipinski definition) is 2. The predicted octanol–water partition coefficient (Wildman–Crippen LogP) is 3.23. The Hall–Kier alpha value is -2.75. The SMILES string of the molecule is COc1ccc2c(ccn2CC(=O)N2CCc3ccccc3C2)c1. The van der Waals surface area contributed by atoms with Crippen molar-refractivity contribution in [1.29, 1.82) is 0 Å². The minimum Gasteiger partial charge on any atom is -0.497 e. The van der Waals surface area contributed by atoms with Crippen molar-refractivity contribution in [2.24, 2.45) is 0 Å². The average molecular weight is 320 g/mol. The van der Waals surface area contributed by atoms with Gasteiger partial charge in [-0.1, -0.05) is 24.3 Å². The van der Waals surface area contributed by atoms with Gasteiger partial charge in [-0.05, 0) is 41.8 Å². The minimum absolute atomic E-state index is 0.165. The van der Waals surface area contributed by atoms with Gasteiger partial charge in [0.2, 0.25) is 5.91 Å². The van der Waals surface area contributed by atoms with E-state index in [0.29, 0.717) is 13.1 Å². The molecule has 4 rings (SSSR count). The van der Waals surface area contributed by atoms with E-state index < -0.39 is 0 Å². The first-order valence-corrected chi connectivity index (χ1v) is 8.22. The van der Waals surface area contributed by atoms with E-state index >= 15 is 0 Å². The van der Waals surface area contributed by atoms with Gasteiger partial charge in [0, 0.05) is 30.2 Å². The highest BCUT2D eigenvalue weighted by Gasteiger charge is 2.20. The molecule has 2 heterocycles. The lowest BCUT2D eigenvalue weighted by molar-refractivity contribution is -0.132. The molecule has 1 aliphatic heterocycles. The lowest BCUT2D eigenvalue weighted by Crippen LogP contribution is -2.37. The second-order valence-electron chi connectivity index (χ2n) is 6.20. The third kappa shape index (κ3) is 2.64. The number of carbonyl (C=O) groups is 1. The number of amides is 1. The average Bonchev–Trinajstić information content (AvgIpc) is 3.03. The van der Waals surface area contributed by atoms with Gasteiger partial charge < -0.3 is 14.2 Å². The molecule has 0 saturated carbocycles. The van der Waals surface area contributed by atoms with E-state index in [1.807, 2.05) is 46.0 Å². The molecule has 24 heavy (non-hydrogen) atoms. The maximum absolute atomic E-state index is 12.7. The molecule has 122 valence electrons. The topological polar surface area (TPSA) is 34.5 Å². The molecule has 0 unspecified atom stereocenters. The molecule has 0 aliphatic carbocycles. The van der Waals surface area contributed by atoms with Gasteiger partial charge in [-0.25, -0.2) is 0 Å². The highest BCUT2D eigenvalue weighted by atomic mass is 16.5. The Bertz CT molecular complexity index is 898. The van der Waals surface area contributed by atoms with Crippen LogP contribution in [0.15, 0.2) is 54.7 Å². The standard InChI is InChI=1S/C20H20N2O2/c1-24-18-6-7-19-16(12-18)9-10-21(19)14-20(23)22-11-8-15-4-2-3-5-17(15)13-22/h2-7,9-10,12H,8,11,13-14H2,1H3. The Morgan fingerprint density at radius 3 is 2.79 bits per heavy atom. The van der Waals surface area contributed by atoms with Gasteiger partial charge in [0.05, 0.1) is 7.11 Å². The van der Waals surface area contributed by atoms with Gasteiger partial charge in [0.1, 0.15) is 12.3 Å². The van der Waals surface area contributed by atoms with Gasteiger partial charge in [0.25, 0.3) is 0 Å². The maximum atomic E-state index is 12.7. The Morgan fingerprint density at radius 1 is 1.12 bits per heavy atom. The smallest absolute Gasteiger partial charge is 0.242 e. The fraction of sp³-hybridized carbons (Fsp3) is 0.250. The predicted molar refractivity (Wildman–Crippen MR) is 94.1 cm³/mol. The van der Waals surface area contributed by atoms with Crippen LogP contribution in [0.2, 0.25) is 0 Å². The molecule has 2 aromatic carbocycles. The lowest BCUT2D eigenvalue weighted by Gasteiger charge is -2.29. The van der Waals surface area contributed by atoms with Crippen molar-refractivity contribution in [1.82, 2.24) is 9.47 Å². The molecule has 1 amide bonds. The van der Waals surface area contributed by atoms with Gasteiger partial charge in [0.15, 0.2) is 0 Å². The Balaban J connectivity index is 1.53. The van der Waals surface area contributed by atoms with E-state index in [2.05, 4.69) is 18.2 Å².